The van der Waals surface area contributed by atoms with Gasteiger partial charge in [-0.05, 0) is 62.2 Å². The van der Waals surface area contributed by atoms with E-state index in [0.29, 0.717) is 5.92 Å². The van der Waals surface area contributed by atoms with Gasteiger partial charge in [0, 0.05) is 6.04 Å². The van der Waals surface area contributed by atoms with E-state index in [4.69, 9.17) is 5.73 Å². The minimum atomic E-state index is 0.199. The van der Waals surface area contributed by atoms with Crippen LogP contribution < -0.4 is 5.73 Å². The van der Waals surface area contributed by atoms with E-state index in [1.165, 1.54) is 58.1 Å². The summed E-state index contributed by atoms with van der Waals surface area (Å²) in [5.41, 5.74) is 7.74. The van der Waals surface area contributed by atoms with Crippen LogP contribution in [0.15, 0.2) is 13.6 Å². The van der Waals surface area contributed by atoms with Crippen molar-refractivity contribution in [3.05, 3.63) is 19.2 Å². The molecule has 1 atom stereocenters. The minimum absolute atomic E-state index is 0.199. The molecule has 0 saturated heterocycles. The zero-order chi connectivity index (χ0) is 12.3. The highest BCUT2D eigenvalue weighted by Gasteiger charge is 2.23. The van der Waals surface area contributed by atoms with Crippen LogP contribution in [-0.4, -0.2) is 0 Å². The number of thiophene rings is 1. The standard InChI is InChI=1S/C13H19Br2NS/c14-11-8-10(13(15)17-11)12(16)9-6-4-2-1-3-5-7-9/h8-9,12H,1-7,16H2. The normalized spacial score (nSPS) is 20.9. The molecule has 0 aliphatic heterocycles. The van der Waals surface area contributed by atoms with Crippen LogP contribution in [0.5, 0.6) is 0 Å². The molecule has 2 N–H and O–H groups in total. The van der Waals surface area contributed by atoms with Crippen LogP contribution in [0, 0.1) is 5.92 Å². The van der Waals surface area contributed by atoms with Crippen molar-refractivity contribution in [3.63, 3.8) is 0 Å². The molecule has 1 unspecified atom stereocenters. The van der Waals surface area contributed by atoms with E-state index < -0.39 is 0 Å². The van der Waals surface area contributed by atoms with Gasteiger partial charge in [-0.3, -0.25) is 0 Å². The molecule has 2 rings (SSSR count). The summed E-state index contributed by atoms with van der Waals surface area (Å²) in [5, 5.41) is 0. The van der Waals surface area contributed by atoms with Crippen LogP contribution in [0.1, 0.15) is 56.6 Å². The fourth-order valence-corrected chi connectivity index (χ4v) is 5.64. The molecule has 96 valence electrons. The van der Waals surface area contributed by atoms with E-state index in [1.807, 2.05) is 0 Å². The van der Waals surface area contributed by atoms with Gasteiger partial charge in [0.05, 0.1) is 7.57 Å². The average molecular weight is 381 g/mol. The van der Waals surface area contributed by atoms with Crippen molar-refractivity contribution in [2.75, 3.05) is 0 Å². The van der Waals surface area contributed by atoms with E-state index >= 15 is 0 Å². The quantitative estimate of drug-likeness (QED) is 0.706. The topological polar surface area (TPSA) is 26.0 Å². The first-order chi connectivity index (χ1) is 8.18. The monoisotopic (exact) mass is 379 g/mol. The van der Waals surface area contributed by atoms with Gasteiger partial charge in [0.15, 0.2) is 0 Å². The van der Waals surface area contributed by atoms with E-state index in [-0.39, 0.29) is 6.04 Å². The van der Waals surface area contributed by atoms with Gasteiger partial charge in [-0.1, -0.05) is 32.1 Å². The molecule has 1 saturated carbocycles. The van der Waals surface area contributed by atoms with Crippen molar-refractivity contribution in [2.45, 2.75) is 51.0 Å². The Bertz CT molecular complexity index is 356. The maximum absolute atomic E-state index is 6.46. The number of halogens is 2. The molecule has 0 spiro atoms. The molecule has 0 aromatic carbocycles. The molecule has 4 heteroatoms. The molecule has 0 bridgehead atoms. The summed E-state index contributed by atoms with van der Waals surface area (Å²) < 4.78 is 2.36. The highest BCUT2D eigenvalue weighted by molar-refractivity contribution is 9.12. The van der Waals surface area contributed by atoms with Crippen LogP contribution >= 0.6 is 43.2 Å². The summed E-state index contributed by atoms with van der Waals surface area (Å²) in [6, 6.07) is 2.38. The van der Waals surface area contributed by atoms with Gasteiger partial charge in [0.25, 0.3) is 0 Å². The van der Waals surface area contributed by atoms with Gasteiger partial charge < -0.3 is 5.73 Å². The van der Waals surface area contributed by atoms with Crippen molar-refractivity contribution >= 4 is 43.2 Å². The number of hydrogen-bond donors (Lipinski definition) is 1. The molecular formula is C13H19Br2NS. The molecule has 0 amide bonds. The van der Waals surface area contributed by atoms with Crippen LogP contribution in [0.25, 0.3) is 0 Å². The van der Waals surface area contributed by atoms with Crippen LogP contribution in [0.4, 0.5) is 0 Å². The van der Waals surface area contributed by atoms with E-state index in [1.54, 1.807) is 11.3 Å². The Labute approximate surface area is 124 Å². The minimum Gasteiger partial charge on any atom is -0.324 e. The summed E-state index contributed by atoms with van der Waals surface area (Å²) in [4.78, 5) is 0. The third-order valence-corrected chi connectivity index (χ3v) is 6.09. The largest absolute Gasteiger partial charge is 0.324 e. The highest BCUT2D eigenvalue weighted by Crippen LogP contribution is 2.39. The Kier molecular flexibility index (Phi) is 5.52. The van der Waals surface area contributed by atoms with Gasteiger partial charge in [-0.25, -0.2) is 0 Å². The lowest BCUT2D eigenvalue weighted by molar-refractivity contribution is 0.327. The summed E-state index contributed by atoms with van der Waals surface area (Å²) in [6.45, 7) is 0. The molecule has 1 aliphatic carbocycles. The van der Waals surface area contributed by atoms with Gasteiger partial charge >= 0.3 is 0 Å². The molecule has 17 heavy (non-hydrogen) atoms. The summed E-state index contributed by atoms with van der Waals surface area (Å²) in [7, 11) is 0. The number of rotatable bonds is 2. The molecule has 1 heterocycles. The first kappa shape index (κ1) is 14.0. The maximum Gasteiger partial charge on any atom is 0.0758 e. The summed E-state index contributed by atoms with van der Waals surface area (Å²) >= 11 is 8.89. The Morgan fingerprint density at radius 3 is 2.24 bits per heavy atom. The van der Waals surface area contributed by atoms with Crippen molar-refractivity contribution in [1.29, 1.82) is 0 Å². The summed E-state index contributed by atoms with van der Waals surface area (Å²) in [5.74, 6) is 0.660. The van der Waals surface area contributed by atoms with Gasteiger partial charge in [0.2, 0.25) is 0 Å². The van der Waals surface area contributed by atoms with Crippen LogP contribution in [0.3, 0.4) is 0 Å². The van der Waals surface area contributed by atoms with E-state index in [9.17, 15) is 0 Å². The van der Waals surface area contributed by atoms with Crippen LogP contribution in [-0.2, 0) is 0 Å². The molecule has 1 nitrogen and oxygen atoms in total. The van der Waals surface area contributed by atoms with E-state index in [2.05, 4.69) is 37.9 Å². The Morgan fingerprint density at radius 2 is 1.71 bits per heavy atom. The Hall–Kier alpha value is 0.620. The van der Waals surface area contributed by atoms with Gasteiger partial charge in [-0.15, -0.1) is 11.3 Å². The highest BCUT2D eigenvalue weighted by atomic mass is 79.9. The lowest BCUT2D eigenvalue weighted by Crippen LogP contribution is -2.22. The Balaban J connectivity index is 2.06. The van der Waals surface area contributed by atoms with Crippen molar-refractivity contribution < 1.29 is 0 Å². The summed E-state index contributed by atoms with van der Waals surface area (Å²) in [6.07, 6.45) is 9.47. The SMILES string of the molecule is NC(c1cc(Br)sc1Br)C1CCCCCCC1. The third-order valence-electron chi connectivity index (χ3n) is 3.70. The second-order valence-corrected chi connectivity index (χ2v) is 8.66. The Morgan fingerprint density at radius 1 is 1.12 bits per heavy atom. The fourth-order valence-electron chi connectivity index (χ4n) is 2.68. The second kappa shape index (κ2) is 6.69. The fraction of sp³-hybridized carbons (Fsp3) is 0.692. The van der Waals surface area contributed by atoms with Crippen molar-refractivity contribution in [2.24, 2.45) is 11.7 Å². The van der Waals surface area contributed by atoms with Crippen molar-refractivity contribution in [1.82, 2.24) is 0 Å². The number of nitrogens with two attached hydrogens (primary N) is 1. The van der Waals surface area contributed by atoms with E-state index in [0.717, 1.165) is 0 Å². The lowest BCUT2D eigenvalue weighted by Gasteiger charge is -2.25. The average Bonchev–Trinajstić information content (AvgIpc) is 2.56. The first-order valence-electron chi connectivity index (χ1n) is 6.39. The second-order valence-electron chi connectivity index (χ2n) is 4.91. The predicted molar refractivity (Wildman–Crippen MR) is 82.5 cm³/mol. The first-order valence-corrected chi connectivity index (χ1v) is 8.79. The van der Waals surface area contributed by atoms with Crippen molar-refractivity contribution in [3.8, 4) is 0 Å². The zero-order valence-corrected chi connectivity index (χ0v) is 13.9. The zero-order valence-electron chi connectivity index (χ0n) is 9.92. The smallest absolute Gasteiger partial charge is 0.0758 e. The molecular weight excluding hydrogens is 362 g/mol. The molecule has 1 aromatic heterocycles. The lowest BCUT2D eigenvalue weighted by atomic mass is 9.84. The third kappa shape index (κ3) is 3.79. The van der Waals surface area contributed by atoms with Gasteiger partial charge in [-0.2, -0.15) is 0 Å². The van der Waals surface area contributed by atoms with Crippen LogP contribution in [0.2, 0.25) is 0 Å². The molecule has 1 aromatic rings. The molecule has 1 fully saturated rings. The maximum atomic E-state index is 6.46. The predicted octanol–water partition coefficient (Wildman–Crippen LogP) is 5.63. The molecule has 0 radical (unpaired) electrons. The van der Waals surface area contributed by atoms with Gasteiger partial charge in [0.1, 0.15) is 0 Å². The number of hydrogen-bond acceptors (Lipinski definition) is 2. The molecule has 1 aliphatic rings.